The predicted octanol–water partition coefficient (Wildman–Crippen LogP) is 2.11. The first-order valence-corrected chi connectivity index (χ1v) is 4.98. The Labute approximate surface area is 84.8 Å². The number of rotatable bonds is 4. The summed E-state index contributed by atoms with van der Waals surface area (Å²) in [5.41, 5.74) is 0.853. The second kappa shape index (κ2) is 4.84. The van der Waals surface area contributed by atoms with Gasteiger partial charge in [-0.2, -0.15) is 0 Å². The average molecular weight is 195 g/mol. The minimum atomic E-state index is -0.0172. The lowest BCUT2D eigenvalue weighted by molar-refractivity contribution is -0.112. The third kappa shape index (κ3) is 2.91. The minimum absolute atomic E-state index is 0.0172. The molecule has 1 fully saturated rings. The molecule has 1 atom stereocenters. The molecule has 0 radical (unpaired) electrons. The quantitative estimate of drug-likeness (QED) is 0.698. The van der Waals surface area contributed by atoms with Crippen LogP contribution in [0.2, 0.25) is 0 Å². The van der Waals surface area contributed by atoms with E-state index in [4.69, 9.17) is 4.74 Å². The molecule has 0 spiro atoms. The number of carbonyl (C=O) groups excluding carboxylic acids is 1. The Morgan fingerprint density at radius 1 is 1.71 bits per heavy atom. The van der Waals surface area contributed by atoms with E-state index in [1.165, 1.54) is 13.0 Å². The van der Waals surface area contributed by atoms with Crippen LogP contribution in [0.4, 0.5) is 0 Å². The lowest BCUT2D eigenvalue weighted by atomic mass is 10.1. The van der Waals surface area contributed by atoms with Gasteiger partial charge in [0.05, 0.1) is 5.70 Å². The molecule has 1 aliphatic heterocycles. The molecule has 1 N–H and O–H groups in total. The van der Waals surface area contributed by atoms with E-state index >= 15 is 0 Å². The van der Waals surface area contributed by atoms with Crippen LogP contribution >= 0.6 is 0 Å². The Kier molecular flexibility index (Phi) is 3.74. The second-order valence-corrected chi connectivity index (χ2v) is 3.52. The highest BCUT2D eigenvalue weighted by molar-refractivity contribution is 5.87. The summed E-state index contributed by atoms with van der Waals surface area (Å²) in [4.78, 5) is 10.8. The Hall–Kier alpha value is -1.25. The summed E-state index contributed by atoms with van der Waals surface area (Å²) in [6.45, 7) is 7.49. The number of ketones is 1. The largest absolute Gasteiger partial charge is 0.469 e. The van der Waals surface area contributed by atoms with Gasteiger partial charge in [0.15, 0.2) is 11.7 Å². The van der Waals surface area contributed by atoms with Crippen LogP contribution in [-0.2, 0) is 9.53 Å². The molecule has 0 aromatic carbocycles. The molecular formula is C11H17NO2. The van der Waals surface area contributed by atoms with Crippen molar-refractivity contribution in [3.63, 3.8) is 0 Å². The smallest absolute Gasteiger partial charge is 0.195 e. The first-order valence-electron chi connectivity index (χ1n) is 4.98. The lowest BCUT2D eigenvalue weighted by Gasteiger charge is -2.07. The van der Waals surface area contributed by atoms with Crippen molar-refractivity contribution >= 4 is 5.78 Å². The number of unbranched alkanes of at least 4 members (excludes halogenated alkanes) is 1. The van der Waals surface area contributed by atoms with Gasteiger partial charge < -0.3 is 10.1 Å². The van der Waals surface area contributed by atoms with Crippen LogP contribution in [0.1, 0.15) is 33.1 Å². The molecule has 0 aliphatic carbocycles. The van der Waals surface area contributed by atoms with Crippen molar-refractivity contribution in [1.29, 1.82) is 0 Å². The Morgan fingerprint density at radius 3 is 3.00 bits per heavy atom. The standard InChI is InChI=1S/C11H17NO2/c1-4-5-6-10-9(3)12-11(14-10)7-8(2)13/h7,10,12H,3-6H2,1-2H3/b11-7+/t10-/m0/s1. The van der Waals surface area contributed by atoms with E-state index < -0.39 is 0 Å². The van der Waals surface area contributed by atoms with Gasteiger partial charge in [-0.25, -0.2) is 0 Å². The maximum Gasteiger partial charge on any atom is 0.195 e. The summed E-state index contributed by atoms with van der Waals surface area (Å²) in [6.07, 6.45) is 4.69. The number of carbonyl (C=O) groups is 1. The summed E-state index contributed by atoms with van der Waals surface area (Å²) in [5, 5.41) is 2.97. The first kappa shape index (κ1) is 10.8. The molecule has 0 amide bonds. The van der Waals surface area contributed by atoms with Gasteiger partial charge in [-0.1, -0.05) is 19.9 Å². The van der Waals surface area contributed by atoms with Crippen LogP contribution in [0.3, 0.4) is 0 Å². The molecule has 0 bridgehead atoms. The minimum Gasteiger partial charge on any atom is -0.469 e. The highest BCUT2D eigenvalue weighted by Crippen LogP contribution is 2.21. The molecular weight excluding hydrogens is 178 g/mol. The van der Waals surface area contributed by atoms with Gasteiger partial charge in [0.2, 0.25) is 0 Å². The normalized spacial score (nSPS) is 23.4. The highest BCUT2D eigenvalue weighted by Gasteiger charge is 2.23. The van der Waals surface area contributed by atoms with Gasteiger partial charge in [0.1, 0.15) is 6.10 Å². The zero-order valence-corrected chi connectivity index (χ0v) is 8.80. The SMILES string of the molecule is C=C1N/C(=C\C(C)=O)O[C@H]1CCCC. The van der Waals surface area contributed by atoms with Crippen LogP contribution in [0.5, 0.6) is 0 Å². The molecule has 3 nitrogen and oxygen atoms in total. The topological polar surface area (TPSA) is 38.3 Å². The van der Waals surface area contributed by atoms with Crippen LogP contribution in [0.25, 0.3) is 0 Å². The number of ether oxygens (including phenoxy) is 1. The molecule has 3 heteroatoms. The van der Waals surface area contributed by atoms with E-state index in [9.17, 15) is 4.79 Å². The van der Waals surface area contributed by atoms with Gasteiger partial charge >= 0.3 is 0 Å². The van der Waals surface area contributed by atoms with Crippen LogP contribution in [0, 0.1) is 0 Å². The van der Waals surface area contributed by atoms with Crippen molar-refractivity contribution in [1.82, 2.24) is 5.32 Å². The Morgan fingerprint density at radius 2 is 2.43 bits per heavy atom. The lowest BCUT2D eigenvalue weighted by Crippen LogP contribution is -2.09. The number of allylic oxidation sites excluding steroid dienone is 1. The second-order valence-electron chi connectivity index (χ2n) is 3.52. The van der Waals surface area contributed by atoms with Crippen molar-refractivity contribution in [2.75, 3.05) is 0 Å². The fourth-order valence-electron chi connectivity index (χ4n) is 1.37. The van der Waals surface area contributed by atoms with Crippen LogP contribution in [0.15, 0.2) is 24.2 Å². The summed E-state index contributed by atoms with van der Waals surface area (Å²) in [7, 11) is 0. The number of nitrogens with one attached hydrogen (secondary N) is 1. The van der Waals surface area contributed by atoms with Crippen molar-refractivity contribution in [2.45, 2.75) is 39.2 Å². The molecule has 78 valence electrons. The van der Waals surface area contributed by atoms with Crippen LogP contribution < -0.4 is 5.32 Å². The monoisotopic (exact) mass is 195 g/mol. The molecule has 1 rings (SSSR count). The molecule has 14 heavy (non-hydrogen) atoms. The van der Waals surface area contributed by atoms with E-state index in [0.29, 0.717) is 5.88 Å². The maximum atomic E-state index is 10.8. The molecule has 1 saturated heterocycles. The van der Waals surface area contributed by atoms with Crippen LogP contribution in [-0.4, -0.2) is 11.9 Å². The van der Waals surface area contributed by atoms with Crippen molar-refractivity contribution in [2.24, 2.45) is 0 Å². The van der Waals surface area contributed by atoms with E-state index in [0.717, 1.165) is 25.0 Å². The first-order chi connectivity index (χ1) is 6.63. The summed E-state index contributed by atoms with van der Waals surface area (Å²) < 4.78 is 5.52. The van der Waals surface area contributed by atoms with E-state index in [1.807, 2.05) is 0 Å². The molecule has 0 unspecified atom stereocenters. The molecule has 0 saturated carbocycles. The van der Waals surface area contributed by atoms with Gasteiger partial charge in [-0.05, 0) is 19.8 Å². The van der Waals surface area contributed by atoms with E-state index in [2.05, 4.69) is 18.8 Å². The highest BCUT2D eigenvalue weighted by atomic mass is 16.5. The maximum absolute atomic E-state index is 10.8. The van der Waals surface area contributed by atoms with Gasteiger partial charge in [0, 0.05) is 6.08 Å². The van der Waals surface area contributed by atoms with Crippen molar-refractivity contribution in [3.8, 4) is 0 Å². The zero-order chi connectivity index (χ0) is 10.6. The molecule has 1 aliphatic rings. The number of hydrogen-bond acceptors (Lipinski definition) is 3. The number of hydrogen-bond donors (Lipinski definition) is 1. The van der Waals surface area contributed by atoms with E-state index in [1.54, 1.807) is 0 Å². The van der Waals surface area contributed by atoms with Crippen molar-refractivity contribution < 1.29 is 9.53 Å². The van der Waals surface area contributed by atoms with Crippen molar-refractivity contribution in [3.05, 3.63) is 24.2 Å². The summed E-state index contributed by atoms with van der Waals surface area (Å²) >= 11 is 0. The zero-order valence-electron chi connectivity index (χ0n) is 8.80. The Bertz CT molecular complexity index is 268. The van der Waals surface area contributed by atoms with E-state index in [-0.39, 0.29) is 11.9 Å². The molecule has 0 aromatic rings. The Balaban J connectivity index is 2.51. The van der Waals surface area contributed by atoms with Gasteiger partial charge in [0.25, 0.3) is 0 Å². The summed E-state index contributed by atoms with van der Waals surface area (Å²) in [6, 6.07) is 0. The molecule has 0 aromatic heterocycles. The summed E-state index contributed by atoms with van der Waals surface area (Å²) in [5.74, 6) is 0.514. The fraction of sp³-hybridized carbons (Fsp3) is 0.545. The van der Waals surface area contributed by atoms with Gasteiger partial charge in [-0.15, -0.1) is 0 Å². The fourth-order valence-corrected chi connectivity index (χ4v) is 1.37. The third-order valence-corrected chi connectivity index (χ3v) is 2.10. The predicted molar refractivity (Wildman–Crippen MR) is 55.4 cm³/mol. The third-order valence-electron chi connectivity index (χ3n) is 2.10. The van der Waals surface area contributed by atoms with Gasteiger partial charge in [-0.3, -0.25) is 4.79 Å². The average Bonchev–Trinajstić information content (AvgIpc) is 2.41. The molecule has 1 heterocycles.